The average molecular weight is 206 g/mol. The maximum atomic E-state index is 11.2. The number of ether oxygens (including phenoxy) is 1. The maximum absolute atomic E-state index is 11.2. The van der Waals surface area contributed by atoms with Crippen LogP contribution in [0.1, 0.15) is 26.5 Å². The first-order chi connectivity index (χ1) is 6.87. The number of carbonyl (C=O) groups excluding carboxylic acids is 1. The predicted molar refractivity (Wildman–Crippen MR) is 55.9 cm³/mol. The molecule has 0 saturated carbocycles. The monoisotopic (exact) mass is 206 g/mol. The number of imidazole rings is 1. The Labute approximate surface area is 89.3 Å². The van der Waals surface area contributed by atoms with E-state index in [1.807, 2.05) is 7.05 Å². The van der Waals surface area contributed by atoms with Gasteiger partial charge >= 0.3 is 5.97 Å². The third-order valence-electron chi connectivity index (χ3n) is 1.40. The van der Waals surface area contributed by atoms with Crippen molar-refractivity contribution >= 4 is 5.97 Å². The van der Waals surface area contributed by atoms with Crippen LogP contribution in [0.25, 0.3) is 0 Å². The number of hydrogen-bond donors (Lipinski definition) is 0. The smallest absolute Gasteiger partial charge is 0.385 e. The average Bonchev–Trinajstić information content (AvgIpc) is 2.45. The van der Waals surface area contributed by atoms with E-state index >= 15 is 0 Å². The van der Waals surface area contributed by atoms with Gasteiger partial charge in [0.1, 0.15) is 11.3 Å². The summed E-state index contributed by atoms with van der Waals surface area (Å²) in [5.41, 5.74) is 0.0546. The maximum Gasteiger partial charge on any atom is 0.385 e. The molecular formula is C11H14N2O2. The standard InChI is InChI=1S/C11H14N2O2/c1-11(2,3)15-10(14)6-5-9-7-13(4)8-12-9/h7-8H,1-4H3. The van der Waals surface area contributed by atoms with Gasteiger partial charge in [-0.1, -0.05) is 0 Å². The van der Waals surface area contributed by atoms with Gasteiger partial charge < -0.3 is 9.30 Å². The van der Waals surface area contributed by atoms with Gasteiger partial charge in [0.05, 0.1) is 6.33 Å². The van der Waals surface area contributed by atoms with E-state index in [0.717, 1.165) is 0 Å². The van der Waals surface area contributed by atoms with Gasteiger partial charge in [-0.25, -0.2) is 9.78 Å². The summed E-state index contributed by atoms with van der Waals surface area (Å²) in [4.78, 5) is 15.2. The number of carbonyl (C=O) groups is 1. The van der Waals surface area contributed by atoms with Crippen molar-refractivity contribution in [2.24, 2.45) is 7.05 Å². The molecule has 0 aliphatic carbocycles. The molecule has 4 heteroatoms. The molecule has 0 amide bonds. The minimum Gasteiger partial charge on any atom is -0.450 e. The Hall–Kier alpha value is -1.76. The number of nitrogens with zero attached hydrogens (tertiary/aromatic N) is 2. The van der Waals surface area contributed by atoms with Crippen LogP contribution in [0.15, 0.2) is 12.5 Å². The Morgan fingerprint density at radius 2 is 2.20 bits per heavy atom. The summed E-state index contributed by atoms with van der Waals surface area (Å²) in [7, 11) is 1.84. The highest BCUT2D eigenvalue weighted by atomic mass is 16.6. The molecule has 0 fully saturated rings. The molecule has 0 radical (unpaired) electrons. The molecular weight excluding hydrogens is 192 g/mol. The second kappa shape index (κ2) is 4.18. The third-order valence-corrected chi connectivity index (χ3v) is 1.40. The second-order valence-electron chi connectivity index (χ2n) is 4.18. The minimum atomic E-state index is -0.534. The van der Waals surface area contributed by atoms with Crippen molar-refractivity contribution in [3.05, 3.63) is 18.2 Å². The number of aryl methyl sites for hydroxylation is 1. The zero-order valence-corrected chi connectivity index (χ0v) is 9.37. The van der Waals surface area contributed by atoms with Gasteiger partial charge in [0.2, 0.25) is 0 Å². The van der Waals surface area contributed by atoms with Crippen molar-refractivity contribution in [2.45, 2.75) is 26.4 Å². The van der Waals surface area contributed by atoms with E-state index in [1.54, 1.807) is 37.9 Å². The predicted octanol–water partition coefficient (Wildman–Crippen LogP) is 1.11. The Kier molecular flexibility index (Phi) is 3.15. The van der Waals surface area contributed by atoms with Crippen molar-refractivity contribution in [2.75, 3.05) is 0 Å². The van der Waals surface area contributed by atoms with Crippen LogP contribution >= 0.6 is 0 Å². The summed E-state index contributed by atoms with van der Waals surface area (Å²) in [6.45, 7) is 5.40. The highest BCUT2D eigenvalue weighted by molar-refractivity contribution is 5.89. The number of aromatic nitrogens is 2. The summed E-state index contributed by atoms with van der Waals surface area (Å²) in [5, 5.41) is 0. The van der Waals surface area contributed by atoms with Crippen LogP contribution in [0, 0.1) is 11.8 Å². The molecule has 1 heterocycles. The number of esters is 1. The van der Waals surface area contributed by atoms with Crippen LogP contribution in [0.4, 0.5) is 0 Å². The van der Waals surface area contributed by atoms with E-state index in [2.05, 4.69) is 16.8 Å². The van der Waals surface area contributed by atoms with Crippen molar-refractivity contribution in [3.8, 4) is 11.8 Å². The van der Waals surface area contributed by atoms with E-state index in [0.29, 0.717) is 5.69 Å². The lowest BCUT2D eigenvalue weighted by Crippen LogP contribution is -2.22. The summed E-state index contributed by atoms with van der Waals surface area (Å²) in [5.74, 6) is 4.48. The van der Waals surface area contributed by atoms with E-state index in [4.69, 9.17) is 4.74 Å². The van der Waals surface area contributed by atoms with Gasteiger partial charge in [-0.2, -0.15) is 0 Å². The first-order valence-corrected chi connectivity index (χ1v) is 4.60. The van der Waals surface area contributed by atoms with Gasteiger partial charge in [-0.3, -0.25) is 0 Å². The van der Waals surface area contributed by atoms with Crippen LogP contribution in [-0.2, 0) is 16.6 Å². The molecule has 0 atom stereocenters. The molecule has 0 bridgehead atoms. The van der Waals surface area contributed by atoms with Crippen molar-refractivity contribution in [3.63, 3.8) is 0 Å². The van der Waals surface area contributed by atoms with E-state index < -0.39 is 11.6 Å². The Morgan fingerprint density at radius 3 is 2.67 bits per heavy atom. The second-order valence-corrected chi connectivity index (χ2v) is 4.18. The SMILES string of the molecule is Cn1cnc(C#CC(=O)OC(C)(C)C)c1. The zero-order valence-electron chi connectivity index (χ0n) is 9.37. The van der Waals surface area contributed by atoms with Gasteiger partial charge in [-0.15, -0.1) is 0 Å². The molecule has 0 N–H and O–H groups in total. The van der Waals surface area contributed by atoms with E-state index in [9.17, 15) is 4.79 Å². The lowest BCUT2D eigenvalue weighted by Gasteiger charge is -2.16. The molecule has 80 valence electrons. The van der Waals surface area contributed by atoms with Crippen LogP contribution < -0.4 is 0 Å². The van der Waals surface area contributed by atoms with Gasteiger partial charge in [0.15, 0.2) is 0 Å². The van der Waals surface area contributed by atoms with Gasteiger partial charge in [-0.05, 0) is 26.7 Å². The molecule has 1 aromatic rings. The Balaban J connectivity index is 2.63. The highest BCUT2D eigenvalue weighted by Crippen LogP contribution is 2.06. The van der Waals surface area contributed by atoms with Crippen LogP contribution in [0.2, 0.25) is 0 Å². The quantitative estimate of drug-likeness (QED) is 0.472. The first-order valence-electron chi connectivity index (χ1n) is 4.60. The topological polar surface area (TPSA) is 44.1 Å². The number of rotatable bonds is 0. The van der Waals surface area contributed by atoms with Crippen molar-refractivity contribution in [1.29, 1.82) is 0 Å². The van der Waals surface area contributed by atoms with Gasteiger partial charge in [0.25, 0.3) is 0 Å². The molecule has 0 aliphatic rings. The van der Waals surface area contributed by atoms with Gasteiger partial charge in [0, 0.05) is 19.2 Å². The fraction of sp³-hybridized carbons (Fsp3) is 0.455. The van der Waals surface area contributed by atoms with E-state index in [-0.39, 0.29) is 0 Å². The molecule has 0 spiro atoms. The summed E-state index contributed by atoms with van der Waals surface area (Å²) >= 11 is 0. The number of hydrogen-bond acceptors (Lipinski definition) is 3. The molecule has 0 aliphatic heterocycles. The highest BCUT2D eigenvalue weighted by Gasteiger charge is 2.14. The molecule has 0 saturated heterocycles. The van der Waals surface area contributed by atoms with Crippen molar-refractivity contribution in [1.82, 2.24) is 9.55 Å². The molecule has 1 aromatic heterocycles. The molecule has 4 nitrogen and oxygen atoms in total. The first kappa shape index (κ1) is 11.3. The third kappa shape index (κ3) is 4.32. The van der Waals surface area contributed by atoms with Crippen LogP contribution in [0.5, 0.6) is 0 Å². The van der Waals surface area contributed by atoms with Crippen LogP contribution in [0.3, 0.4) is 0 Å². The molecule has 1 rings (SSSR count). The molecule has 0 unspecified atom stereocenters. The zero-order chi connectivity index (χ0) is 11.5. The summed E-state index contributed by atoms with van der Waals surface area (Å²) in [6.07, 6.45) is 3.36. The summed E-state index contributed by atoms with van der Waals surface area (Å²) in [6, 6.07) is 0. The summed E-state index contributed by atoms with van der Waals surface area (Å²) < 4.78 is 6.78. The van der Waals surface area contributed by atoms with Crippen LogP contribution in [-0.4, -0.2) is 21.1 Å². The minimum absolute atomic E-state index is 0.504. The fourth-order valence-corrected chi connectivity index (χ4v) is 0.896. The molecule has 15 heavy (non-hydrogen) atoms. The van der Waals surface area contributed by atoms with E-state index in [1.165, 1.54) is 0 Å². The Morgan fingerprint density at radius 1 is 1.53 bits per heavy atom. The van der Waals surface area contributed by atoms with Crippen molar-refractivity contribution < 1.29 is 9.53 Å². The molecule has 0 aromatic carbocycles. The largest absolute Gasteiger partial charge is 0.450 e. The lowest BCUT2D eigenvalue weighted by atomic mass is 10.2. The Bertz CT molecular complexity index is 416. The lowest BCUT2D eigenvalue weighted by molar-refractivity contribution is -0.147. The fourth-order valence-electron chi connectivity index (χ4n) is 0.896. The normalized spacial score (nSPS) is 10.4.